The Morgan fingerprint density at radius 3 is 2.71 bits per heavy atom. The van der Waals surface area contributed by atoms with Gasteiger partial charge in [-0.25, -0.2) is 0 Å². The van der Waals surface area contributed by atoms with Gasteiger partial charge in [-0.2, -0.15) is 0 Å². The van der Waals surface area contributed by atoms with E-state index in [0.29, 0.717) is 5.69 Å². The van der Waals surface area contributed by atoms with Gasteiger partial charge in [0.25, 0.3) is 0 Å². The highest BCUT2D eigenvalue weighted by Crippen LogP contribution is 2.50. The van der Waals surface area contributed by atoms with Gasteiger partial charge in [-0.1, -0.05) is 29.8 Å². The molecular formula is C18H17ClN2O3. The molecule has 0 spiro atoms. The number of methoxy groups -OCH3 is 1. The first-order valence-corrected chi connectivity index (χ1v) is 7.92. The summed E-state index contributed by atoms with van der Waals surface area (Å²) in [5.41, 5.74) is 6.99. The standard InChI is InChI=1S/C18H17ClN2O3/c1-24-16-5-3-2-4-11(16)12-9-13(12)18(23)21-10-6-7-15(19)14(8-10)17(20)22/h2-8,12-13H,9H2,1H3,(H2,20,22)(H,21,23)/t12-,13-/m1/s1. The molecule has 0 heterocycles. The Kier molecular flexibility index (Phi) is 4.44. The van der Waals surface area contributed by atoms with Gasteiger partial charge in [0.05, 0.1) is 17.7 Å². The van der Waals surface area contributed by atoms with E-state index in [9.17, 15) is 9.59 Å². The van der Waals surface area contributed by atoms with Gasteiger partial charge in [0, 0.05) is 11.6 Å². The first kappa shape index (κ1) is 16.3. The number of amides is 2. The zero-order valence-corrected chi connectivity index (χ0v) is 13.8. The number of anilines is 1. The summed E-state index contributed by atoms with van der Waals surface area (Å²) in [4.78, 5) is 23.7. The van der Waals surface area contributed by atoms with Gasteiger partial charge in [-0.05, 0) is 42.2 Å². The smallest absolute Gasteiger partial charge is 0.250 e. The Labute approximate surface area is 144 Å². The van der Waals surface area contributed by atoms with E-state index in [1.807, 2.05) is 24.3 Å². The molecule has 0 radical (unpaired) electrons. The molecule has 24 heavy (non-hydrogen) atoms. The van der Waals surface area contributed by atoms with Crippen LogP contribution in [0.4, 0.5) is 5.69 Å². The number of para-hydroxylation sites is 1. The minimum absolute atomic E-state index is 0.0938. The maximum Gasteiger partial charge on any atom is 0.250 e. The van der Waals surface area contributed by atoms with Crippen molar-refractivity contribution in [2.45, 2.75) is 12.3 Å². The number of carbonyl (C=O) groups is 2. The van der Waals surface area contributed by atoms with Crippen LogP contribution >= 0.6 is 11.6 Å². The Morgan fingerprint density at radius 2 is 2.00 bits per heavy atom. The molecule has 2 atom stereocenters. The summed E-state index contributed by atoms with van der Waals surface area (Å²) < 4.78 is 5.35. The van der Waals surface area contributed by atoms with Crippen LogP contribution in [0.2, 0.25) is 5.02 Å². The SMILES string of the molecule is COc1ccccc1[C@H]1C[C@H]1C(=O)Nc1ccc(Cl)c(C(N)=O)c1. The van der Waals surface area contributed by atoms with Crippen molar-refractivity contribution >= 4 is 29.1 Å². The van der Waals surface area contributed by atoms with Gasteiger partial charge in [-0.15, -0.1) is 0 Å². The summed E-state index contributed by atoms with van der Waals surface area (Å²) in [6, 6.07) is 12.4. The number of benzene rings is 2. The van der Waals surface area contributed by atoms with E-state index in [1.54, 1.807) is 19.2 Å². The number of ether oxygens (including phenoxy) is 1. The lowest BCUT2D eigenvalue weighted by Gasteiger charge is -2.09. The van der Waals surface area contributed by atoms with Crippen LogP contribution in [-0.4, -0.2) is 18.9 Å². The highest BCUT2D eigenvalue weighted by molar-refractivity contribution is 6.34. The molecule has 1 fully saturated rings. The van der Waals surface area contributed by atoms with Crippen molar-refractivity contribution in [3.05, 3.63) is 58.6 Å². The molecule has 0 unspecified atom stereocenters. The van der Waals surface area contributed by atoms with Crippen LogP contribution in [0.1, 0.15) is 28.3 Å². The summed E-state index contributed by atoms with van der Waals surface area (Å²) in [5, 5.41) is 3.08. The zero-order chi connectivity index (χ0) is 17.3. The lowest BCUT2D eigenvalue weighted by Crippen LogP contribution is -2.16. The second kappa shape index (κ2) is 6.53. The highest BCUT2D eigenvalue weighted by atomic mass is 35.5. The number of hydrogen-bond donors (Lipinski definition) is 2. The van der Waals surface area contributed by atoms with Crippen LogP contribution in [-0.2, 0) is 4.79 Å². The van der Waals surface area contributed by atoms with E-state index < -0.39 is 5.91 Å². The average Bonchev–Trinajstić information content (AvgIpc) is 3.37. The third-order valence-corrected chi connectivity index (χ3v) is 4.49. The fraction of sp³-hybridized carbons (Fsp3) is 0.222. The molecule has 5 nitrogen and oxygen atoms in total. The molecule has 3 N–H and O–H groups in total. The Morgan fingerprint density at radius 1 is 1.25 bits per heavy atom. The average molecular weight is 345 g/mol. The summed E-state index contributed by atoms with van der Waals surface area (Å²) >= 11 is 5.91. The van der Waals surface area contributed by atoms with Crippen LogP contribution in [0.15, 0.2) is 42.5 Å². The second-order valence-corrected chi connectivity index (χ2v) is 6.15. The number of rotatable bonds is 5. The normalized spacial score (nSPS) is 18.8. The molecule has 0 saturated heterocycles. The molecule has 2 aromatic carbocycles. The summed E-state index contributed by atoms with van der Waals surface area (Å²) in [5.74, 6) is 0.0939. The van der Waals surface area contributed by atoms with Crippen molar-refractivity contribution in [3.63, 3.8) is 0 Å². The number of nitrogens with two attached hydrogens (primary N) is 1. The summed E-state index contributed by atoms with van der Waals surface area (Å²) in [6.45, 7) is 0. The number of hydrogen-bond acceptors (Lipinski definition) is 3. The largest absolute Gasteiger partial charge is 0.496 e. The molecule has 1 aliphatic carbocycles. The van der Waals surface area contributed by atoms with E-state index in [4.69, 9.17) is 22.1 Å². The molecule has 6 heteroatoms. The fourth-order valence-electron chi connectivity index (χ4n) is 2.83. The fourth-order valence-corrected chi connectivity index (χ4v) is 3.04. The van der Waals surface area contributed by atoms with Crippen LogP contribution < -0.4 is 15.8 Å². The lowest BCUT2D eigenvalue weighted by atomic mass is 10.1. The van der Waals surface area contributed by atoms with Gasteiger partial charge < -0.3 is 15.8 Å². The number of halogens is 1. The second-order valence-electron chi connectivity index (χ2n) is 5.74. The van der Waals surface area contributed by atoms with Gasteiger partial charge >= 0.3 is 0 Å². The molecule has 1 aliphatic rings. The van der Waals surface area contributed by atoms with Gasteiger partial charge in [0.15, 0.2) is 0 Å². The Balaban J connectivity index is 1.71. The van der Waals surface area contributed by atoms with Gasteiger partial charge in [0.1, 0.15) is 5.75 Å². The van der Waals surface area contributed by atoms with E-state index in [1.165, 1.54) is 6.07 Å². The monoisotopic (exact) mass is 344 g/mol. The number of carbonyl (C=O) groups excluding carboxylic acids is 2. The van der Waals surface area contributed by atoms with Crippen molar-refractivity contribution in [1.82, 2.24) is 0 Å². The van der Waals surface area contributed by atoms with E-state index in [0.717, 1.165) is 17.7 Å². The predicted octanol–water partition coefficient (Wildman–Crippen LogP) is 3.19. The first-order chi connectivity index (χ1) is 11.5. The van der Waals surface area contributed by atoms with Crippen molar-refractivity contribution in [1.29, 1.82) is 0 Å². The summed E-state index contributed by atoms with van der Waals surface area (Å²) in [6.07, 6.45) is 0.766. The maximum atomic E-state index is 12.4. The maximum absolute atomic E-state index is 12.4. The van der Waals surface area contributed by atoms with Crippen molar-refractivity contribution in [2.24, 2.45) is 11.7 Å². The predicted molar refractivity (Wildman–Crippen MR) is 92.4 cm³/mol. The number of nitrogens with one attached hydrogen (secondary N) is 1. The third kappa shape index (κ3) is 3.21. The molecule has 0 bridgehead atoms. The van der Waals surface area contributed by atoms with Crippen LogP contribution in [0, 0.1) is 5.92 Å². The minimum Gasteiger partial charge on any atom is -0.496 e. The Hall–Kier alpha value is -2.53. The highest BCUT2D eigenvalue weighted by Gasteiger charge is 2.45. The van der Waals surface area contributed by atoms with Crippen molar-refractivity contribution in [3.8, 4) is 5.75 Å². The topological polar surface area (TPSA) is 81.4 Å². The molecular weight excluding hydrogens is 328 g/mol. The first-order valence-electron chi connectivity index (χ1n) is 7.54. The van der Waals surface area contributed by atoms with Crippen LogP contribution in [0.5, 0.6) is 5.75 Å². The Bertz CT molecular complexity index is 807. The van der Waals surface area contributed by atoms with Crippen LogP contribution in [0.3, 0.4) is 0 Å². The van der Waals surface area contributed by atoms with Gasteiger partial charge in [-0.3, -0.25) is 9.59 Å². The molecule has 124 valence electrons. The molecule has 1 saturated carbocycles. The quantitative estimate of drug-likeness (QED) is 0.874. The van der Waals surface area contributed by atoms with Crippen molar-refractivity contribution in [2.75, 3.05) is 12.4 Å². The third-order valence-electron chi connectivity index (χ3n) is 4.16. The van der Waals surface area contributed by atoms with Gasteiger partial charge in [0.2, 0.25) is 11.8 Å². The molecule has 3 rings (SSSR count). The summed E-state index contributed by atoms with van der Waals surface area (Å²) in [7, 11) is 1.62. The lowest BCUT2D eigenvalue weighted by molar-refractivity contribution is -0.117. The van der Waals surface area contributed by atoms with E-state index in [-0.39, 0.29) is 28.3 Å². The molecule has 0 aromatic heterocycles. The van der Waals surface area contributed by atoms with E-state index >= 15 is 0 Å². The molecule has 2 aromatic rings. The van der Waals surface area contributed by atoms with Crippen molar-refractivity contribution < 1.29 is 14.3 Å². The molecule has 0 aliphatic heterocycles. The van der Waals surface area contributed by atoms with Crippen LogP contribution in [0.25, 0.3) is 0 Å². The molecule has 2 amide bonds. The zero-order valence-electron chi connectivity index (χ0n) is 13.1. The van der Waals surface area contributed by atoms with E-state index in [2.05, 4.69) is 5.32 Å². The number of primary amides is 1. The minimum atomic E-state index is -0.630.